The molecule has 0 aliphatic rings. The van der Waals surface area contributed by atoms with Crippen molar-refractivity contribution >= 4 is 12.0 Å². The number of likely N-dealkylation sites (N-methyl/N-ethyl adjacent to an activating group) is 1. The predicted molar refractivity (Wildman–Crippen MR) is 84.2 cm³/mol. The van der Waals surface area contributed by atoms with Gasteiger partial charge in [-0.2, -0.15) is 0 Å². The maximum Gasteiger partial charge on any atom is 0.315 e. The zero-order valence-corrected chi connectivity index (χ0v) is 13.9. The first-order chi connectivity index (χ1) is 9.74. The molecule has 0 saturated heterocycles. The molecule has 0 aliphatic heterocycles. The molecule has 0 saturated carbocycles. The van der Waals surface area contributed by atoms with Gasteiger partial charge in [-0.05, 0) is 6.42 Å². The average Bonchev–Trinajstić information content (AvgIpc) is 2.30. The van der Waals surface area contributed by atoms with Gasteiger partial charge in [0.1, 0.15) is 0 Å². The van der Waals surface area contributed by atoms with Crippen LogP contribution in [0.5, 0.6) is 0 Å². The number of rotatable bonds is 11. The van der Waals surface area contributed by atoms with Gasteiger partial charge in [0.05, 0.1) is 40.2 Å². The van der Waals surface area contributed by atoms with Gasteiger partial charge >= 0.3 is 12.0 Å². The Hall–Kier alpha value is -1.30. The quantitative estimate of drug-likeness (QED) is 0.402. The Labute approximate surface area is 128 Å². The first-order valence-electron chi connectivity index (χ1n) is 7.81. The molecule has 6 heteroatoms. The van der Waals surface area contributed by atoms with Crippen LogP contribution < -0.4 is 10.6 Å². The number of nitrogens with one attached hydrogen (secondary N) is 2. The van der Waals surface area contributed by atoms with Gasteiger partial charge in [-0.15, -0.1) is 0 Å². The predicted octanol–water partition coefficient (Wildman–Crippen LogP) is 1.81. The van der Waals surface area contributed by atoms with Crippen molar-refractivity contribution in [3.8, 4) is 0 Å². The molecule has 0 aromatic carbocycles. The molecule has 0 aromatic rings. The fourth-order valence-corrected chi connectivity index (χ4v) is 2.20. The zero-order chi connectivity index (χ0) is 16.3. The van der Waals surface area contributed by atoms with E-state index >= 15 is 0 Å². The van der Waals surface area contributed by atoms with Gasteiger partial charge in [-0.1, -0.05) is 32.6 Å². The van der Waals surface area contributed by atoms with Crippen molar-refractivity contribution in [3.63, 3.8) is 0 Å². The number of aliphatic carboxylic acids is 1. The van der Waals surface area contributed by atoms with Gasteiger partial charge in [0, 0.05) is 6.54 Å². The molecule has 0 rings (SSSR count). The second kappa shape index (κ2) is 10.4. The number of carboxylic acids is 1. The maximum absolute atomic E-state index is 11.8. The molecule has 0 heterocycles. The van der Waals surface area contributed by atoms with E-state index in [1.165, 1.54) is 19.3 Å². The second-order valence-corrected chi connectivity index (χ2v) is 6.58. The van der Waals surface area contributed by atoms with Crippen LogP contribution in [0.3, 0.4) is 0 Å². The summed E-state index contributed by atoms with van der Waals surface area (Å²) >= 11 is 0. The molecular weight excluding hydrogens is 270 g/mol. The van der Waals surface area contributed by atoms with Crippen LogP contribution in [0.25, 0.3) is 0 Å². The third kappa shape index (κ3) is 13.4. The molecule has 0 spiro atoms. The summed E-state index contributed by atoms with van der Waals surface area (Å²) in [4.78, 5) is 22.6. The van der Waals surface area contributed by atoms with E-state index in [2.05, 4.69) is 17.6 Å². The van der Waals surface area contributed by atoms with Crippen molar-refractivity contribution in [1.82, 2.24) is 10.6 Å². The Balaban J connectivity index is 4.01. The number of unbranched alkanes of at least 4 members (excludes halogenated alkanes) is 4. The van der Waals surface area contributed by atoms with Crippen LogP contribution in [0.1, 0.15) is 45.4 Å². The number of carbonyl (C=O) groups excluding carboxylic acids is 1. The Bertz CT molecular complexity index is 314. The van der Waals surface area contributed by atoms with Crippen LogP contribution in [-0.2, 0) is 4.79 Å². The average molecular weight is 302 g/mol. The zero-order valence-electron chi connectivity index (χ0n) is 13.9. The monoisotopic (exact) mass is 302 g/mol. The summed E-state index contributed by atoms with van der Waals surface area (Å²) in [6.07, 6.45) is 5.66. The molecule has 0 radical (unpaired) electrons. The topological polar surface area (TPSA) is 78.4 Å². The minimum absolute atomic E-state index is 0.0561. The molecule has 3 N–H and O–H groups in total. The van der Waals surface area contributed by atoms with Crippen LogP contribution in [0, 0.1) is 0 Å². The molecule has 2 amide bonds. The highest BCUT2D eigenvalue weighted by Crippen LogP contribution is 2.02. The lowest BCUT2D eigenvalue weighted by atomic mass is 10.1. The third-order valence-corrected chi connectivity index (χ3v) is 3.09. The Morgan fingerprint density at radius 3 is 2.24 bits per heavy atom. The Morgan fingerprint density at radius 1 is 1.10 bits per heavy atom. The van der Waals surface area contributed by atoms with Crippen molar-refractivity contribution < 1.29 is 19.2 Å². The highest BCUT2D eigenvalue weighted by atomic mass is 16.4. The van der Waals surface area contributed by atoms with E-state index < -0.39 is 5.97 Å². The van der Waals surface area contributed by atoms with Crippen molar-refractivity contribution in [1.29, 1.82) is 0 Å². The molecule has 0 aliphatic carbocycles. The number of quaternary nitrogens is 1. The summed E-state index contributed by atoms with van der Waals surface area (Å²) in [6.45, 7) is 3.39. The number of carboxylic acid groups (broad SMARTS) is 1. The van der Waals surface area contributed by atoms with E-state index in [-0.39, 0.29) is 18.5 Å². The van der Waals surface area contributed by atoms with Gasteiger partial charge in [0.2, 0.25) is 0 Å². The molecule has 0 bridgehead atoms. The Kier molecular flexibility index (Phi) is 9.78. The SMILES string of the molecule is CCCCCCCNC(=O)N[C@@H](CC(=O)O)C[N+](C)(C)C. The molecule has 0 fully saturated rings. The molecular formula is C15H32N3O3+. The number of carbonyl (C=O) groups is 2. The lowest BCUT2D eigenvalue weighted by Crippen LogP contribution is -2.52. The summed E-state index contributed by atoms with van der Waals surface area (Å²) in [5.41, 5.74) is 0. The van der Waals surface area contributed by atoms with Crippen LogP contribution in [-0.4, -0.2) is 61.9 Å². The fraction of sp³-hybridized carbons (Fsp3) is 0.867. The van der Waals surface area contributed by atoms with Gasteiger partial charge in [-0.3, -0.25) is 4.79 Å². The maximum atomic E-state index is 11.8. The summed E-state index contributed by atoms with van der Waals surface area (Å²) < 4.78 is 0.606. The number of nitrogens with zero attached hydrogens (tertiary/aromatic N) is 1. The first-order valence-corrected chi connectivity index (χ1v) is 7.81. The summed E-state index contributed by atoms with van der Waals surface area (Å²) in [5, 5.41) is 14.5. The third-order valence-electron chi connectivity index (χ3n) is 3.09. The first kappa shape index (κ1) is 19.7. The molecule has 124 valence electrons. The molecule has 6 nitrogen and oxygen atoms in total. The van der Waals surface area contributed by atoms with Gasteiger partial charge < -0.3 is 20.2 Å². The van der Waals surface area contributed by atoms with Crippen molar-refractivity contribution in [2.24, 2.45) is 0 Å². The van der Waals surface area contributed by atoms with Crippen LogP contribution in [0.2, 0.25) is 0 Å². The molecule has 1 atom stereocenters. The van der Waals surface area contributed by atoms with E-state index in [1.807, 2.05) is 21.1 Å². The van der Waals surface area contributed by atoms with Crippen molar-refractivity contribution in [3.05, 3.63) is 0 Å². The second-order valence-electron chi connectivity index (χ2n) is 6.58. The molecule has 21 heavy (non-hydrogen) atoms. The fourth-order valence-electron chi connectivity index (χ4n) is 2.20. The minimum Gasteiger partial charge on any atom is -0.481 e. The van der Waals surface area contributed by atoms with Crippen molar-refractivity contribution in [2.45, 2.75) is 51.5 Å². The lowest BCUT2D eigenvalue weighted by Gasteiger charge is -2.29. The highest BCUT2D eigenvalue weighted by Gasteiger charge is 2.22. The Morgan fingerprint density at radius 2 is 1.71 bits per heavy atom. The normalized spacial score (nSPS) is 12.8. The van der Waals surface area contributed by atoms with E-state index in [9.17, 15) is 9.59 Å². The van der Waals surface area contributed by atoms with E-state index in [0.29, 0.717) is 17.6 Å². The summed E-state index contributed by atoms with van der Waals surface area (Å²) in [5.74, 6) is -0.895. The lowest BCUT2D eigenvalue weighted by molar-refractivity contribution is -0.871. The largest absolute Gasteiger partial charge is 0.481 e. The van der Waals surface area contributed by atoms with Gasteiger partial charge in [0.25, 0.3) is 0 Å². The van der Waals surface area contributed by atoms with Gasteiger partial charge in [-0.25, -0.2) is 4.79 Å². The summed E-state index contributed by atoms with van der Waals surface area (Å²) in [7, 11) is 5.92. The minimum atomic E-state index is -0.895. The number of amides is 2. The standard InChI is InChI=1S/C15H31N3O3/c1-5-6-7-8-9-10-16-15(21)17-13(11-14(19)20)12-18(2,3)4/h13H,5-12H2,1-4H3,(H2-,16,17,19,20,21)/p+1/t13-/m0/s1. The van der Waals surface area contributed by atoms with E-state index in [1.54, 1.807) is 0 Å². The van der Waals surface area contributed by atoms with Crippen LogP contribution >= 0.6 is 0 Å². The number of hydrogen-bond acceptors (Lipinski definition) is 2. The number of hydrogen-bond donors (Lipinski definition) is 3. The van der Waals surface area contributed by atoms with Crippen LogP contribution in [0.15, 0.2) is 0 Å². The van der Waals surface area contributed by atoms with Gasteiger partial charge in [0.15, 0.2) is 0 Å². The van der Waals surface area contributed by atoms with E-state index in [0.717, 1.165) is 12.8 Å². The van der Waals surface area contributed by atoms with E-state index in [4.69, 9.17) is 5.11 Å². The number of urea groups is 1. The summed E-state index contributed by atoms with van der Waals surface area (Å²) in [6, 6.07) is -0.632. The molecule has 0 aromatic heterocycles. The smallest absolute Gasteiger partial charge is 0.315 e. The van der Waals surface area contributed by atoms with Crippen LogP contribution in [0.4, 0.5) is 4.79 Å². The molecule has 0 unspecified atom stereocenters. The highest BCUT2D eigenvalue weighted by molar-refractivity contribution is 5.75. The van der Waals surface area contributed by atoms with Crippen molar-refractivity contribution in [2.75, 3.05) is 34.2 Å².